The summed E-state index contributed by atoms with van der Waals surface area (Å²) in [5.41, 5.74) is 9.01. The summed E-state index contributed by atoms with van der Waals surface area (Å²) < 4.78 is 9.20. The minimum atomic E-state index is 0.145. The standard InChI is InChI=1S/C24H29N7O2/c1-33-22-10-17(14-31-23(22)18(11-25)12-28-31)19-13-27-30(15-19)21-6-8-29(9-7-21)24(32)16-2-4-20(26)5-3-16/h10,12-16,20-21H,2-9,26H2,1H3. The Morgan fingerprint density at radius 2 is 1.85 bits per heavy atom. The van der Waals surface area contributed by atoms with Crippen LogP contribution in [0.1, 0.15) is 50.1 Å². The Morgan fingerprint density at radius 3 is 2.55 bits per heavy atom. The molecule has 1 amide bonds. The highest BCUT2D eigenvalue weighted by molar-refractivity contribution is 5.79. The van der Waals surface area contributed by atoms with Crippen molar-refractivity contribution in [2.75, 3.05) is 20.2 Å². The van der Waals surface area contributed by atoms with E-state index in [2.05, 4.69) is 16.3 Å². The Morgan fingerprint density at radius 1 is 1.09 bits per heavy atom. The molecule has 9 nitrogen and oxygen atoms in total. The number of hydrogen-bond donors (Lipinski definition) is 1. The summed E-state index contributed by atoms with van der Waals surface area (Å²) in [5.74, 6) is 1.05. The lowest BCUT2D eigenvalue weighted by molar-refractivity contribution is -0.138. The number of rotatable bonds is 4. The number of nitriles is 1. The molecule has 0 spiro atoms. The van der Waals surface area contributed by atoms with Crippen LogP contribution in [0.3, 0.4) is 0 Å². The molecule has 1 saturated heterocycles. The smallest absolute Gasteiger partial charge is 0.225 e. The number of methoxy groups -OCH3 is 1. The molecule has 1 aliphatic carbocycles. The van der Waals surface area contributed by atoms with E-state index in [9.17, 15) is 10.1 Å². The van der Waals surface area contributed by atoms with Gasteiger partial charge in [-0.15, -0.1) is 0 Å². The van der Waals surface area contributed by atoms with E-state index in [-0.39, 0.29) is 18.0 Å². The van der Waals surface area contributed by atoms with Gasteiger partial charge >= 0.3 is 0 Å². The minimum absolute atomic E-state index is 0.145. The highest BCUT2D eigenvalue weighted by Gasteiger charge is 2.31. The molecule has 0 radical (unpaired) electrons. The predicted molar refractivity (Wildman–Crippen MR) is 122 cm³/mol. The Balaban J connectivity index is 1.27. The van der Waals surface area contributed by atoms with Crippen molar-refractivity contribution < 1.29 is 9.53 Å². The third-order valence-corrected chi connectivity index (χ3v) is 7.12. The zero-order chi connectivity index (χ0) is 22.9. The number of carbonyl (C=O) groups is 1. The zero-order valence-corrected chi connectivity index (χ0v) is 18.9. The molecule has 0 atom stereocenters. The summed E-state index contributed by atoms with van der Waals surface area (Å²) in [6.07, 6.45) is 12.9. The third-order valence-electron chi connectivity index (χ3n) is 7.12. The van der Waals surface area contributed by atoms with E-state index in [1.54, 1.807) is 17.8 Å². The van der Waals surface area contributed by atoms with Crippen molar-refractivity contribution in [1.29, 1.82) is 5.26 Å². The Bertz CT molecular complexity index is 1190. The van der Waals surface area contributed by atoms with Gasteiger partial charge in [-0.25, -0.2) is 4.52 Å². The lowest BCUT2D eigenvalue weighted by atomic mass is 9.85. The van der Waals surface area contributed by atoms with Crippen LogP contribution in [-0.2, 0) is 4.79 Å². The molecule has 0 unspecified atom stereocenters. The number of fused-ring (bicyclic) bond motifs is 1. The van der Waals surface area contributed by atoms with Gasteiger partial charge in [0, 0.05) is 48.6 Å². The molecule has 3 aromatic rings. The molecule has 172 valence electrons. The fraction of sp³-hybridized carbons (Fsp3) is 0.500. The molecule has 1 aliphatic heterocycles. The molecular formula is C24H29N7O2. The molecular weight excluding hydrogens is 418 g/mol. The summed E-state index contributed by atoms with van der Waals surface area (Å²) in [7, 11) is 1.59. The van der Waals surface area contributed by atoms with Crippen molar-refractivity contribution in [2.45, 2.75) is 50.6 Å². The minimum Gasteiger partial charge on any atom is -0.494 e. The number of ether oxygens (including phenoxy) is 1. The van der Waals surface area contributed by atoms with Gasteiger partial charge in [-0.05, 0) is 44.6 Å². The topological polar surface area (TPSA) is 114 Å². The van der Waals surface area contributed by atoms with Gasteiger partial charge in [0.25, 0.3) is 0 Å². The highest BCUT2D eigenvalue weighted by atomic mass is 16.5. The largest absolute Gasteiger partial charge is 0.494 e. The number of amides is 1. The first-order chi connectivity index (χ1) is 16.1. The van der Waals surface area contributed by atoms with Crippen molar-refractivity contribution in [1.82, 2.24) is 24.3 Å². The first kappa shape index (κ1) is 21.5. The second-order valence-corrected chi connectivity index (χ2v) is 9.14. The van der Waals surface area contributed by atoms with Crippen LogP contribution in [0.5, 0.6) is 5.75 Å². The normalized spacial score (nSPS) is 21.8. The number of piperidine rings is 1. The van der Waals surface area contributed by atoms with E-state index in [4.69, 9.17) is 10.5 Å². The lowest BCUT2D eigenvalue weighted by Gasteiger charge is -2.36. The van der Waals surface area contributed by atoms with Gasteiger partial charge in [0.1, 0.15) is 22.9 Å². The van der Waals surface area contributed by atoms with Crippen LogP contribution in [0.2, 0.25) is 0 Å². The average molecular weight is 448 g/mol. The number of aromatic nitrogens is 4. The molecule has 9 heteroatoms. The van der Waals surface area contributed by atoms with Gasteiger partial charge in [0.2, 0.25) is 5.91 Å². The number of carbonyl (C=O) groups excluding carboxylic acids is 1. The second-order valence-electron chi connectivity index (χ2n) is 9.14. The molecule has 33 heavy (non-hydrogen) atoms. The molecule has 4 heterocycles. The quantitative estimate of drug-likeness (QED) is 0.658. The van der Waals surface area contributed by atoms with Crippen molar-refractivity contribution in [2.24, 2.45) is 11.7 Å². The van der Waals surface area contributed by atoms with Gasteiger partial charge in [0.05, 0.1) is 25.5 Å². The second kappa shape index (κ2) is 8.87. The van der Waals surface area contributed by atoms with Crippen LogP contribution in [0.25, 0.3) is 16.6 Å². The van der Waals surface area contributed by atoms with Gasteiger partial charge < -0.3 is 15.4 Å². The maximum absolute atomic E-state index is 12.9. The average Bonchev–Trinajstić information content (AvgIpc) is 3.51. The number of likely N-dealkylation sites (tertiary alicyclic amines) is 1. The number of pyridine rings is 1. The van der Waals surface area contributed by atoms with Gasteiger partial charge in [0.15, 0.2) is 0 Å². The van der Waals surface area contributed by atoms with Crippen LogP contribution in [0, 0.1) is 17.2 Å². The highest BCUT2D eigenvalue weighted by Crippen LogP contribution is 2.32. The summed E-state index contributed by atoms with van der Waals surface area (Å²) in [6, 6.07) is 4.59. The summed E-state index contributed by atoms with van der Waals surface area (Å²) in [4.78, 5) is 14.9. The van der Waals surface area contributed by atoms with E-state index in [0.29, 0.717) is 22.7 Å². The maximum atomic E-state index is 12.9. The number of hydrogen-bond acceptors (Lipinski definition) is 6. The third kappa shape index (κ3) is 4.07. The predicted octanol–water partition coefficient (Wildman–Crippen LogP) is 2.76. The zero-order valence-electron chi connectivity index (χ0n) is 18.9. The molecule has 5 rings (SSSR count). The van der Waals surface area contributed by atoms with Crippen LogP contribution in [0.15, 0.2) is 30.9 Å². The summed E-state index contributed by atoms with van der Waals surface area (Å²) in [6.45, 7) is 1.54. The summed E-state index contributed by atoms with van der Waals surface area (Å²) in [5, 5.41) is 18.2. The molecule has 2 aliphatic rings. The Hall–Kier alpha value is -3.38. The van der Waals surface area contributed by atoms with Gasteiger partial charge in [-0.3, -0.25) is 9.48 Å². The first-order valence-corrected chi connectivity index (χ1v) is 11.6. The fourth-order valence-electron chi connectivity index (χ4n) is 5.14. The monoisotopic (exact) mass is 447 g/mol. The van der Waals surface area contributed by atoms with Gasteiger partial charge in [-0.1, -0.05) is 0 Å². The summed E-state index contributed by atoms with van der Waals surface area (Å²) >= 11 is 0. The maximum Gasteiger partial charge on any atom is 0.225 e. The van der Waals surface area contributed by atoms with Crippen LogP contribution < -0.4 is 10.5 Å². The van der Waals surface area contributed by atoms with E-state index in [1.807, 2.05) is 34.2 Å². The fourth-order valence-corrected chi connectivity index (χ4v) is 5.14. The molecule has 2 N–H and O–H groups in total. The van der Waals surface area contributed by atoms with Crippen molar-refractivity contribution in [3.63, 3.8) is 0 Å². The van der Waals surface area contributed by atoms with Crippen LogP contribution in [-0.4, -0.2) is 56.4 Å². The molecule has 0 bridgehead atoms. The van der Waals surface area contributed by atoms with Crippen molar-refractivity contribution in [3.8, 4) is 22.9 Å². The molecule has 3 aromatic heterocycles. The molecule has 1 saturated carbocycles. The number of nitrogens with zero attached hydrogens (tertiary/aromatic N) is 6. The van der Waals surface area contributed by atoms with Crippen LogP contribution >= 0.6 is 0 Å². The van der Waals surface area contributed by atoms with E-state index in [0.717, 1.165) is 62.7 Å². The van der Waals surface area contributed by atoms with Gasteiger partial charge in [-0.2, -0.15) is 15.5 Å². The van der Waals surface area contributed by atoms with Crippen molar-refractivity contribution in [3.05, 3.63) is 36.4 Å². The van der Waals surface area contributed by atoms with Crippen molar-refractivity contribution >= 4 is 11.4 Å². The lowest BCUT2D eigenvalue weighted by Crippen LogP contribution is -2.43. The number of nitrogens with two attached hydrogens (primary N) is 1. The van der Waals surface area contributed by atoms with E-state index in [1.165, 1.54) is 0 Å². The molecule has 2 fully saturated rings. The van der Waals surface area contributed by atoms with E-state index < -0.39 is 0 Å². The SMILES string of the molecule is COc1cc(-c2cnn(C3CCN(C(=O)C4CCC(N)CC4)CC3)c2)cn2ncc(C#N)c12. The first-order valence-electron chi connectivity index (χ1n) is 11.6. The Kier molecular flexibility index (Phi) is 5.77. The molecule has 0 aromatic carbocycles. The van der Waals surface area contributed by atoms with E-state index >= 15 is 0 Å². The Labute approximate surface area is 192 Å². The van der Waals surface area contributed by atoms with Crippen LogP contribution in [0.4, 0.5) is 0 Å².